The molecule has 1 aromatic carbocycles. The van der Waals surface area contributed by atoms with Gasteiger partial charge in [0.25, 0.3) is 5.79 Å². The van der Waals surface area contributed by atoms with Crippen molar-refractivity contribution >= 4 is 17.6 Å². The number of aryl methyl sites for hydroxylation is 1. The van der Waals surface area contributed by atoms with E-state index in [4.69, 9.17) is 14.2 Å². The van der Waals surface area contributed by atoms with Gasteiger partial charge >= 0.3 is 11.9 Å². The summed E-state index contributed by atoms with van der Waals surface area (Å²) in [5.41, 5.74) is 1.32. The summed E-state index contributed by atoms with van der Waals surface area (Å²) in [6.07, 6.45) is 2.98. The number of carbonyl (C=O) groups excluding carboxylic acids is 2. The minimum Gasteiger partial charge on any atom is -0.485 e. The van der Waals surface area contributed by atoms with Crippen molar-refractivity contribution < 1.29 is 23.8 Å². The first kappa shape index (κ1) is 18.5. The molecule has 0 radical (unpaired) electrons. The van der Waals surface area contributed by atoms with E-state index in [1.165, 1.54) is 20.0 Å². The molecule has 0 saturated carbocycles. The third-order valence-corrected chi connectivity index (χ3v) is 3.86. The average molecular weight is 371 g/mol. The fourth-order valence-corrected chi connectivity index (χ4v) is 2.56. The number of benzene rings is 1. The van der Waals surface area contributed by atoms with Gasteiger partial charge in [-0.15, -0.1) is 0 Å². The Balaban J connectivity index is 1.73. The highest BCUT2D eigenvalue weighted by atomic mass is 16.7. The molecule has 1 saturated heterocycles. The molecule has 142 valence electrons. The zero-order valence-corrected chi connectivity index (χ0v) is 15.4. The van der Waals surface area contributed by atoms with Crippen LogP contribution in [0.3, 0.4) is 0 Å². The molecule has 0 spiro atoms. The number of hydrogen-bond acceptors (Lipinski definition) is 7. The number of aromatic nitrogens is 2. The Morgan fingerprint density at radius 1 is 1.19 bits per heavy atom. The van der Waals surface area contributed by atoms with Gasteiger partial charge in [-0.1, -0.05) is 12.1 Å². The second-order valence-corrected chi connectivity index (χ2v) is 6.30. The lowest BCUT2D eigenvalue weighted by molar-refractivity contribution is -0.222. The molecule has 8 heteroatoms. The Hall–Kier alpha value is -3.29. The van der Waals surface area contributed by atoms with Crippen LogP contribution in [0.4, 0.5) is 5.69 Å². The number of nitrogens with zero attached hydrogens (tertiary/aromatic N) is 2. The van der Waals surface area contributed by atoms with E-state index in [0.717, 1.165) is 12.2 Å². The minimum absolute atomic E-state index is 0.215. The van der Waals surface area contributed by atoms with Crippen molar-refractivity contribution in [2.75, 3.05) is 5.32 Å². The molecule has 3 rings (SSSR count). The summed E-state index contributed by atoms with van der Waals surface area (Å²) in [4.78, 5) is 24.0. The standard InChI is InChI=1S/C19H21N3O5/c1-4-22-13(9-10-21-22)12-25-16-8-6-5-7-15(16)20-11-14-17(23)26-19(2,3)27-18(14)24/h5-11,20H,4,12H2,1-3H3. The number of esters is 2. The molecule has 0 bridgehead atoms. The molecule has 27 heavy (non-hydrogen) atoms. The fraction of sp³-hybridized carbons (Fsp3) is 0.316. The number of nitrogens with one attached hydrogen (secondary N) is 1. The summed E-state index contributed by atoms with van der Waals surface area (Å²) < 4.78 is 17.8. The normalized spacial score (nSPS) is 15.7. The molecule has 2 heterocycles. The Labute approximate surface area is 156 Å². The van der Waals surface area contributed by atoms with Gasteiger partial charge in [0.05, 0.1) is 11.4 Å². The summed E-state index contributed by atoms with van der Waals surface area (Å²) in [5.74, 6) is -2.19. The Morgan fingerprint density at radius 2 is 1.89 bits per heavy atom. The average Bonchev–Trinajstić information content (AvgIpc) is 3.06. The highest BCUT2D eigenvalue weighted by molar-refractivity contribution is 6.15. The first-order valence-corrected chi connectivity index (χ1v) is 8.55. The largest absolute Gasteiger partial charge is 0.485 e. The molecule has 0 atom stereocenters. The Kier molecular flexibility index (Phi) is 5.16. The second-order valence-electron chi connectivity index (χ2n) is 6.30. The quantitative estimate of drug-likeness (QED) is 0.474. The predicted molar refractivity (Wildman–Crippen MR) is 96.6 cm³/mol. The molecule has 1 fully saturated rings. The molecular formula is C19H21N3O5. The zero-order chi connectivity index (χ0) is 19.4. The lowest BCUT2D eigenvalue weighted by Gasteiger charge is -2.29. The van der Waals surface area contributed by atoms with Crippen LogP contribution in [0.15, 0.2) is 48.3 Å². The molecule has 1 aromatic heterocycles. The number of para-hydroxylation sites is 2. The van der Waals surface area contributed by atoms with Crippen molar-refractivity contribution in [3.63, 3.8) is 0 Å². The number of ether oxygens (including phenoxy) is 3. The zero-order valence-electron chi connectivity index (χ0n) is 15.4. The van der Waals surface area contributed by atoms with E-state index < -0.39 is 17.7 Å². The number of anilines is 1. The summed E-state index contributed by atoms with van der Waals surface area (Å²) in [7, 11) is 0. The van der Waals surface area contributed by atoms with E-state index in [2.05, 4.69) is 10.4 Å². The van der Waals surface area contributed by atoms with Gasteiger partial charge in [0.15, 0.2) is 5.57 Å². The number of cyclic esters (lactones) is 2. The van der Waals surface area contributed by atoms with Crippen LogP contribution in [0.5, 0.6) is 5.75 Å². The molecule has 8 nitrogen and oxygen atoms in total. The first-order chi connectivity index (χ1) is 12.9. The third-order valence-electron chi connectivity index (χ3n) is 3.86. The van der Waals surface area contributed by atoms with Crippen molar-refractivity contribution in [2.45, 2.75) is 39.7 Å². The summed E-state index contributed by atoms with van der Waals surface area (Å²) in [6.45, 7) is 6.08. The lowest BCUT2D eigenvalue weighted by atomic mass is 10.2. The highest BCUT2D eigenvalue weighted by Crippen LogP contribution is 2.27. The molecule has 0 aliphatic carbocycles. The fourth-order valence-electron chi connectivity index (χ4n) is 2.56. The highest BCUT2D eigenvalue weighted by Gasteiger charge is 2.38. The molecular weight excluding hydrogens is 350 g/mol. The summed E-state index contributed by atoms with van der Waals surface area (Å²) in [5, 5.41) is 7.12. The van der Waals surface area contributed by atoms with Gasteiger partial charge in [0, 0.05) is 32.8 Å². The van der Waals surface area contributed by atoms with Crippen molar-refractivity contribution in [1.82, 2.24) is 9.78 Å². The maximum absolute atomic E-state index is 12.0. The van der Waals surface area contributed by atoms with Crippen LogP contribution in [0.25, 0.3) is 0 Å². The van der Waals surface area contributed by atoms with Crippen LogP contribution in [0.2, 0.25) is 0 Å². The molecule has 1 aliphatic rings. The maximum Gasteiger partial charge on any atom is 0.350 e. The van der Waals surface area contributed by atoms with Gasteiger partial charge in [-0.2, -0.15) is 5.10 Å². The monoisotopic (exact) mass is 371 g/mol. The van der Waals surface area contributed by atoms with Crippen molar-refractivity contribution in [1.29, 1.82) is 0 Å². The molecule has 2 aromatic rings. The topological polar surface area (TPSA) is 91.7 Å². The van der Waals surface area contributed by atoms with Crippen LogP contribution in [0, 0.1) is 0 Å². The minimum atomic E-state index is -1.27. The van der Waals surface area contributed by atoms with Crippen LogP contribution >= 0.6 is 0 Å². The maximum atomic E-state index is 12.0. The Bertz CT molecular complexity index is 863. The van der Waals surface area contributed by atoms with Crippen molar-refractivity contribution in [3.8, 4) is 5.75 Å². The molecule has 1 N–H and O–H groups in total. The van der Waals surface area contributed by atoms with Crippen LogP contribution in [0.1, 0.15) is 26.5 Å². The second kappa shape index (κ2) is 7.53. The summed E-state index contributed by atoms with van der Waals surface area (Å²) >= 11 is 0. The van der Waals surface area contributed by atoms with Crippen LogP contribution in [-0.4, -0.2) is 27.5 Å². The van der Waals surface area contributed by atoms with E-state index in [0.29, 0.717) is 18.0 Å². The van der Waals surface area contributed by atoms with E-state index >= 15 is 0 Å². The lowest BCUT2D eigenvalue weighted by Crippen LogP contribution is -2.42. The molecule has 0 amide bonds. The predicted octanol–water partition coefficient (Wildman–Crippen LogP) is 2.61. The van der Waals surface area contributed by atoms with Gasteiger partial charge in [-0.3, -0.25) is 4.68 Å². The number of hydrogen-bond donors (Lipinski definition) is 1. The summed E-state index contributed by atoms with van der Waals surface area (Å²) in [6, 6.07) is 9.08. The first-order valence-electron chi connectivity index (χ1n) is 8.55. The van der Waals surface area contributed by atoms with Crippen molar-refractivity contribution in [2.24, 2.45) is 0 Å². The van der Waals surface area contributed by atoms with E-state index in [9.17, 15) is 9.59 Å². The third kappa shape index (κ3) is 4.28. The Morgan fingerprint density at radius 3 is 2.59 bits per heavy atom. The number of carbonyl (C=O) groups is 2. The SMILES string of the molecule is CCn1nccc1COc1ccccc1NC=C1C(=O)OC(C)(C)OC1=O. The van der Waals surface area contributed by atoms with Gasteiger partial charge in [-0.05, 0) is 25.1 Å². The molecule has 0 unspecified atom stereocenters. The smallest absolute Gasteiger partial charge is 0.350 e. The van der Waals surface area contributed by atoms with Gasteiger partial charge in [0.2, 0.25) is 0 Å². The number of rotatable bonds is 6. The van der Waals surface area contributed by atoms with Gasteiger partial charge in [-0.25, -0.2) is 9.59 Å². The van der Waals surface area contributed by atoms with Gasteiger partial charge in [0.1, 0.15) is 12.4 Å². The van der Waals surface area contributed by atoms with E-state index in [-0.39, 0.29) is 5.57 Å². The van der Waals surface area contributed by atoms with Crippen molar-refractivity contribution in [3.05, 3.63) is 54.0 Å². The van der Waals surface area contributed by atoms with Gasteiger partial charge < -0.3 is 19.5 Å². The van der Waals surface area contributed by atoms with Crippen LogP contribution in [-0.2, 0) is 32.2 Å². The van der Waals surface area contributed by atoms with Crippen LogP contribution < -0.4 is 10.1 Å². The van der Waals surface area contributed by atoms with E-state index in [1.54, 1.807) is 18.3 Å². The molecule has 1 aliphatic heterocycles. The van der Waals surface area contributed by atoms with E-state index in [1.807, 2.05) is 29.8 Å².